The monoisotopic (exact) mass is 349 g/mol. The lowest BCUT2D eigenvalue weighted by Crippen LogP contribution is -2.43. The topological polar surface area (TPSA) is 92.5 Å². The molecule has 128 valence electrons. The number of aryl methyl sites for hydroxylation is 1. The number of benzene rings is 1. The summed E-state index contributed by atoms with van der Waals surface area (Å²) in [5.74, 6) is 0.383. The lowest BCUT2D eigenvalue weighted by molar-refractivity contribution is -0.119. The molecule has 2 aromatic rings. The quantitative estimate of drug-likeness (QED) is 0.890. The van der Waals surface area contributed by atoms with E-state index < -0.39 is 16.1 Å². The molecule has 1 atom stereocenters. The summed E-state index contributed by atoms with van der Waals surface area (Å²) in [6.45, 7) is 2.07. The van der Waals surface area contributed by atoms with Gasteiger partial charge in [0.1, 0.15) is 11.8 Å². The van der Waals surface area contributed by atoms with Crippen LogP contribution in [0.3, 0.4) is 0 Å². The number of carbonyl (C=O) groups excluding carboxylic acids is 1. The number of sulfonamides is 1. The van der Waals surface area contributed by atoms with Gasteiger partial charge in [0.05, 0.1) is 5.75 Å². The molecule has 8 heteroatoms. The minimum Gasteiger partial charge on any atom is -0.360 e. The first-order valence-corrected chi connectivity index (χ1v) is 9.34. The summed E-state index contributed by atoms with van der Waals surface area (Å²) in [4.78, 5) is 12.4. The number of nitrogens with one attached hydrogen (secondary N) is 1. The smallest absolute Gasteiger partial charge is 0.244 e. The van der Waals surface area contributed by atoms with Crippen molar-refractivity contribution in [1.82, 2.24) is 9.46 Å². The largest absolute Gasteiger partial charge is 0.360 e. The van der Waals surface area contributed by atoms with Gasteiger partial charge < -0.3 is 9.84 Å². The van der Waals surface area contributed by atoms with Crippen LogP contribution in [0.5, 0.6) is 0 Å². The first-order chi connectivity index (χ1) is 11.5. The fourth-order valence-corrected chi connectivity index (χ4v) is 4.61. The zero-order chi connectivity index (χ0) is 17.2. The Bertz CT molecular complexity index is 817. The molecule has 0 unspecified atom stereocenters. The highest BCUT2D eigenvalue weighted by Gasteiger charge is 2.38. The summed E-state index contributed by atoms with van der Waals surface area (Å²) in [7, 11) is -3.57. The molecule has 1 aliphatic heterocycles. The van der Waals surface area contributed by atoms with E-state index in [-0.39, 0.29) is 11.7 Å². The van der Waals surface area contributed by atoms with E-state index in [2.05, 4.69) is 10.5 Å². The molecular weight excluding hydrogens is 330 g/mol. The highest BCUT2D eigenvalue weighted by molar-refractivity contribution is 7.88. The second-order valence-corrected chi connectivity index (χ2v) is 7.74. The van der Waals surface area contributed by atoms with E-state index in [0.29, 0.717) is 36.5 Å². The highest BCUT2D eigenvalue weighted by Crippen LogP contribution is 2.24. The van der Waals surface area contributed by atoms with Crippen LogP contribution in [0.1, 0.15) is 24.2 Å². The standard InChI is InChI=1S/C16H19N3O4S/c1-12-10-15(18-23-12)17-16(20)14-8-5-9-19(14)24(21,22)11-13-6-3-2-4-7-13/h2-4,6-7,10,14H,5,8-9,11H2,1H3,(H,17,18,20)/t14-/m0/s1. The molecule has 1 fully saturated rings. The molecule has 1 aliphatic rings. The number of amides is 1. The van der Waals surface area contributed by atoms with Crippen molar-refractivity contribution in [2.24, 2.45) is 0 Å². The van der Waals surface area contributed by atoms with Crippen molar-refractivity contribution in [3.63, 3.8) is 0 Å². The number of rotatable bonds is 5. The Morgan fingerprint density at radius 2 is 2.12 bits per heavy atom. The molecular formula is C16H19N3O4S. The van der Waals surface area contributed by atoms with Gasteiger partial charge in [-0.2, -0.15) is 4.31 Å². The normalized spacial score (nSPS) is 18.6. The van der Waals surface area contributed by atoms with E-state index in [1.54, 1.807) is 37.3 Å². The van der Waals surface area contributed by atoms with Crippen molar-refractivity contribution < 1.29 is 17.7 Å². The Morgan fingerprint density at radius 3 is 2.79 bits per heavy atom. The van der Waals surface area contributed by atoms with Crippen LogP contribution in [0, 0.1) is 6.92 Å². The van der Waals surface area contributed by atoms with Crippen LogP contribution in [0.2, 0.25) is 0 Å². The van der Waals surface area contributed by atoms with E-state index in [0.717, 1.165) is 0 Å². The van der Waals surface area contributed by atoms with Gasteiger partial charge in [-0.3, -0.25) is 4.79 Å². The highest BCUT2D eigenvalue weighted by atomic mass is 32.2. The average molecular weight is 349 g/mol. The van der Waals surface area contributed by atoms with Gasteiger partial charge >= 0.3 is 0 Å². The van der Waals surface area contributed by atoms with Crippen molar-refractivity contribution >= 4 is 21.7 Å². The summed E-state index contributed by atoms with van der Waals surface area (Å²) in [5.41, 5.74) is 0.704. The van der Waals surface area contributed by atoms with Gasteiger partial charge in [-0.15, -0.1) is 0 Å². The summed E-state index contributed by atoms with van der Waals surface area (Å²) >= 11 is 0. The maximum Gasteiger partial charge on any atom is 0.244 e. The third-order valence-electron chi connectivity index (χ3n) is 3.93. The minimum atomic E-state index is -3.57. The summed E-state index contributed by atoms with van der Waals surface area (Å²) in [6.07, 6.45) is 1.15. The summed E-state index contributed by atoms with van der Waals surface area (Å²) in [5, 5.41) is 6.33. The predicted molar refractivity (Wildman–Crippen MR) is 88.7 cm³/mol. The lowest BCUT2D eigenvalue weighted by atomic mass is 10.2. The maximum absolute atomic E-state index is 12.7. The van der Waals surface area contributed by atoms with Gasteiger partial charge in [-0.05, 0) is 25.3 Å². The van der Waals surface area contributed by atoms with Crippen LogP contribution in [0.4, 0.5) is 5.82 Å². The van der Waals surface area contributed by atoms with Crippen molar-refractivity contribution in [1.29, 1.82) is 0 Å². The number of nitrogens with zero attached hydrogens (tertiary/aromatic N) is 2. The Hall–Kier alpha value is -2.19. The van der Waals surface area contributed by atoms with Crippen molar-refractivity contribution in [3.05, 3.63) is 47.7 Å². The minimum absolute atomic E-state index is 0.110. The maximum atomic E-state index is 12.7. The Balaban J connectivity index is 1.73. The van der Waals surface area contributed by atoms with Gasteiger partial charge in [0, 0.05) is 12.6 Å². The number of anilines is 1. The van der Waals surface area contributed by atoms with Crippen molar-refractivity contribution in [3.8, 4) is 0 Å². The molecule has 1 N–H and O–H groups in total. The molecule has 1 saturated heterocycles. The van der Waals surface area contributed by atoms with Crippen molar-refractivity contribution in [2.45, 2.75) is 31.6 Å². The first-order valence-electron chi connectivity index (χ1n) is 7.73. The van der Waals surface area contributed by atoms with Crippen molar-refractivity contribution in [2.75, 3.05) is 11.9 Å². The Kier molecular flexibility index (Phi) is 4.68. The zero-order valence-corrected chi connectivity index (χ0v) is 14.1. The van der Waals surface area contributed by atoms with E-state index in [9.17, 15) is 13.2 Å². The molecule has 0 radical (unpaired) electrons. The molecule has 1 amide bonds. The lowest BCUT2D eigenvalue weighted by Gasteiger charge is -2.23. The molecule has 0 saturated carbocycles. The molecule has 7 nitrogen and oxygen atoms in total. The molecule has 0 aliphatic carbocycles. The number of hydrogen-bond donors (Lipinski definition) is 1. The third kappa shape index (κ3) is 3.65. The molecule has 1 aromatic carbocycles. The van der Waals surface area contributed by atoms with E-state index in [4.69, 9.17) is 4.52 Å². The Labute approximate surface area is 140 Å². The van der Waals surface area contributed by atoms with Crippen LogP contribution in [-0.2, 0) is 20.6 Å². The SMILES string of the molecule is Cc1cc(NC(=O)[C@@H]2CCCN2S(=O)(=O)Cc2ccccc2)no1. The van der Waals surface area contributed by atoms with E-state index in [1.807, 2.05) is 6.07 Å². The van der Waals surface area contributed by atoms with Gasteiger partial charge in [-0.25, -0.2) is 8.42 Å². The summed E-state index contributed by atoms with van der Waals surface area (Å²) in [6, 6.07) is 9.84. The molecule has 3 rings (SSSR count). The number of hydrogen-bond acceptors (Lipinski definition) is 5. The molecule has 0 bridgehead atoms. The Morgan fingerprint density at radius 1 is 1.38 bits per heavy atom. The van der Waals surface area contributed by atoms with E-state index in [1.165, 1.54) is 4.31 Å². The average Bonchev–Trinajstić information content (AvgIpc) is 3.17. The predicted octanol–water partition coefficient (Wildman–Crippen LogP) is 1.92. The second-order valence-electron chi connectivity index (χ2n) is 5.82. The number of aromatic nitrogens is 1. The first kappa shape index (κ1) is 16.7. The third-order valence-corrected chi connectivity index (χ3v) is 5.78. The van der Waals surface area contributed by atoms with Crippen LogP contribution >= 0.6 is 0 Å². The molecule has 0 spiro atoms. The van der Waals surface area contributed by atoms with Crippen LogP contribution in [-0.4, -0.2) is 36.4 Å². The van der Waals surface area contributed by atoms with E-state index >= 15 is 0 Å². The summed E-state index contributed by atoms with van der Waals surface area (Å²) < 4.78 is 31.6. The van der Waals surface area contributed by atoms with Crippen LogP contribution in [0.15, 0.2) is 40.9 Å². The van der Waals surface area contributed by atoms with Gasteiger partial charge in [0.25, 0.3) is 0 Å². The number of carbonyl (C=O) groups is 1. The molecule has 24 heavy (non-hydrogen) atoms. The molecule has 1 aromatic heterocycles. The fourth-order valence-electron chi connectivity index (χ4n) is 2.84. The fraction of sp³-hybridized carbons (Fsp3) is 0.375. The second kappa shape index (κ2) is 6.74. The van der Waals surface area contributed by atoms with Gasteiger partial charge in [-0.1, -0.05) is 35.5 Å². The van der Waals surface area contributed by atoms with Crippen LogP contribution < -0.4 is 5.32 Å². The van der Waals surface area contributed by atoms with Gasteiger partial charge in [0.15, 0.2) is 5.82 Å². The molecule has 2 heterocycles. The van der Waals surface area contributed by atoms with Crippen LogP contribution in [0.25, 0.3) is 0 Å². The van der Waals surface area contributed by atoms with Gasteiger partial charge in [0.2, 0.25) is 15.9 Å². The zero-order valence-electron chi connectivity index (χ0n) is 13.3.